The molecule has 2 aliphatic rings. The van der Waals surface area contributed by atoms with Gasteiger partial charge in [-0.15, -0.1) is 0 Å². The first-order valence-corrected chi connectivity index (χ1v) is 8.30. The Bertz CT molecular complexity index is 665. The minimum Gasteiger partial charge on any atom is -0.444 e. The molecular formula is C18H21ClFNO2. The summed E-state index contributed by atoms with van der Waals surface area (Å²) in [5.41, 5.74) is 0.954. The van der Waals surface area contributed by atoms with Gasteiger partial charge >= 0.3 is 6.09 Å². The molecule has 3 rings (SSSR count). The highest BCUT2D eigenvalue weighted by Gasteiger charge is 2.42. The summed E-state index contributed by atoms with van der Waals surface area (Å²) >= 11 is 5.89. The van der Waals surface area contributed by atoms with Crippen LogP contribution in [0.4, 0.5) is 9.18 Å². The number of amides is 1. The molecule has 1 aromatic rings. The number of benzene rings is 1. The molecule has 2 heterocycles. The molecule has 0 saturated carbocycles. The molecule has 0 radical (unpaired) electrons. The van der Waals surface area contributed by atoms with Gasteiger partial charge in [-0.25, -0.2) is 9.18 Å². The van der Waals surface area contributed by atoms with E-state index in [9.17, 15) is 9.18 Å². The average molecular weight is 338 g/mol. The Morgan fingerprint density at radius 1 is 1.35 bits per heavy atom. The van der Waals surface area contributed by atoms with E-state index in [0.717, 1.165) is 18.4 Å². The summed E-state index contributed by atoms with van der Waals surface area (Å²) in [5.74, 6) is -0.384. The van der Waals surface area contributed by atoms with Gasteiger partial charge in [0.1, 0.15) is 11.4 Å². The highest BCUT2D eigenvalue weighted by molar-refractivity contribution is 6.30. The predicted molar refractivity (Wildman–Crippen MR) is 88.9 cm³/mol. The number of nitrogens with zero attached hydrogens (tertiary/aromatic N) is 1. The maximum Gasteiger partial charge on any atom is 0.411 e. The van der Waals surface area contributed by atoms with Crippen LogP contribution in [0.15, 0.2) is 24.3 Å². The van der Waals surface area contributed by atoms with E-state index >= 15 is 0 Å². The number of hydrogen-bond donors (Lipinski definition) is 0. The highest BCUT2D eigenvalue weighted by atomic mass is 35.5. The van der Waals surface area contributed by atoms with Crippen molar-refractivity contribution in [2.24, 2.45) is 0 Å². The average Bonchev–Trinajstić information content (AvgIpc) is 2.71. The number of carbonyl (C=O) groups is 1. The van der Waals surface area contributed by atoms with E-state index in [4.69, 9.17) is 16.3 Å². The maximum absolute atomic E-state index is 14.3. The standard InChI is InChI=1S/C18H21ClFNO2/c1-18(2,3)23-17(22)21-12-7-8-13(21)10-11(9-12)14-5-4-6-15(19)16(14)20/h4-6,9,12-13H,7-8,10H2,1-3H3. The first-order valence-electron chi connectivity index (χ1n) is 7.92. The lowest BCUT2D eigenvalue weighted by atomic mass is 9.94. The second kappa shape index (κ2) is 5.82. The van der Waals surface area contributed by atoms with Crippen LogP contribution < -0.4 is 0 Å². The zero-order chi connectivity index (χ0) is 16.8. The lowest BCUT2D eigenvalue weighted by molar-refractivity contribution is 0.0175. The van der Waals surface area contributed by atoms with Gasteiger partial charge in [0.2, 0.25) is 0 Å². The molecule has 2 bridgehead atoms. The molecule has 2 unspecified atom stereocenters. The Kier molecular flexibility index (Phi) is 4.13. The van der Waals surface area contributed by atoms with Crippen molar-refractivity contribution >= 4 is 23.3 Å². The summed E-state index contributed by atoms with van der Waals surface area (Å²) in [6.45, 7) is 5.58. The second-order valence-corrected chi connectivity index (χ2v) is 7.59. The van der Waals surface area contributed by atoms with Crippen LogP contribution in [0.2, 0.25) is 5.02 Å². The number of fused-ring (bicyclic) bond motifs is 2. The number of halogens is 2. The third-order valence-corrected chi connectivity index (χ3v) is 4.59. The van der Waals surface area contributed by atoms with E-state index < -0.39 is 5.60 Å². The monoisotopic (exact) mass is 337 g/mol. The van der Waals surface area contributed by atoms with Gasteiger partial charge in [0, 0.05) is 11.6 Å². The minimum atomic E-state index is -0.514. The number of hydrogen-bond acceptors (Lipinski definition) is 2. The summed E-state index contributed by atoms with van der Waals surface area (Å²) in [5, 5.41) is 0.130. The molecule has 0 aromatic heterocycles. The summed E-state index contributed by atoms with van der Waals surface area (Å²) in [6, 6.07) is 5.08. The molecule has 2 aliphatic heterocycles. The molecule has 23 heavy (non-hydrogen) atoms. The quantitative estimate of drug-likeness (QED) is 0.719. The Labute approximate surface area is 141 Å². The molecule has 2 atom stereocenters. The normalized spacial score (nSPS) is 23.7. The predicted octanol–water partition coefficient (Wildman–Crippen LogP) is 5.03. The van der Waals surface area contributed by atoms with E-state index in [2.05, 4.69) is 0 Å². The molecule has 0 N–H and O–H groups in total. The molecule has 1 saturated heterocycles. The topological polar surface area (TPSA) is 29.5 Å². The van der Waals surface area contributed by atoms with Crippen LogP contribution >= 0.6 is 11.6 Å². The lowest BCUT2D eigenvalue weighted by Gasteiger charge is -2.35. The maximum atomic E-state index is 14.3. The van der Waals surface area contributed by atoms with Gasteiger partial charge in [0.15, 0.2) is 0 Å². The highest BCUT2D eigenvalue weighted by Crippen LogP contribution is 2.40. The van der Waals surface area contributed by atoms with Gasteiger partial charge in [-0.2, -0.15) is 0 Å². The first-order chi connectivity index (χ1) is 10.8. The summed E-state index contributed by atoms with van der Waals surface area (Å²) in [4.78, 5) is 14.2. The Morgan fingerprint density at radius 2 is 2.09 bits per heavy atom. The first kappa shape index (κ1) is 16.3. The van der Waals surface area contributed by atoms with Crippen molar-refractivity contribution in [3.8, 4) is 0 Å². The van der Waals surface area contributed by atoms with E-state index in [1.54, 1.807) is 23.1 Å². The van der Waals surface area contributed by atoms with E-state index in [1.807, 2.05) is 26.8 Å². The van der Waals surface area contributed by atoms with E-state index in [0.29, 0.717) is 12.0 Å². The number of ether oxygens (including phenoxy) is 1. The zero-order valence-electron chi connectivity index (χ0n) is 13.6. The zero-order valence-corrected chi connectivity index (χ0v) is 14.4. The lowest BCUT2D eigenvalue weighted by Crippen LogP contribution is -2.45. The summed E-state index contributed by atoms with van der Waals surface area (Å²) < 4.78 is 19.8. The van der Waals surface area contributed by atoms with Gasteiger partial charge < -0.3 is 4.74 Å². The fraction of sp³-hybridized carbons (Fsp3) is 0.500. The molecule has 0 aliphatic carbocycles. The van der Waals surface area contributed by atoms with Gasteiger partial charge in [-0.1, -0.05) is 29.8 Å². The Morgan fingerprint density at radius 3 is 2.74 bits per heavy atom. The smallest absolute Gasteiger partial charge is 0.411 e. The van der Waals surface area contributed by atoms with Crippen LogP contribution in [0, 0.1) is 5.82 Å². The van der Waals surface area contributed by atoms with Crippen LogP contribution in [0.3, 0.4) is 0 Å². The van der Waals surface area contributed by atoms with Gasteiger partial charge in [-0.3, -0.25) is 4.90 Å². The van der Waals surface area contributed by atoms with Crippen molar-refractivity contribution in [2.75, 3.05) is 0 Å². The molecule has 1 fully saturated rings. The van der Waals surface area contributed by atoms with Gasteiger partial charge in [0.05, 0.1) is 11.1 Å². The van der Waals surface area contributed by atoms with Crippen molar-refractivity contribution in [1.82, 2.24) is 4.90 Å². The third-order valence-electron chi connectivity index (χ3n) is 4.30. The fourth-order valence-electron chi connectivity index (χ4n) is 3.38. The van der Waals surface area contributed by atoms with Gasteiger partial charge in [0.25, 0.3) is 0 Å². The van der Waals surface area contributed by atoms with Crippen LogP contribution in [0.5, 0.6) is 0 Å². The molecular weight excluding hydrogens is 317 g/mol. The molecule has 1 aromatic carbocycles. The van der Waals surface area contributed by atoms with Crippen molar-refractivity contribution in [3.05, 3.63) is 40.7 Å². The number of rotatable bonds is 1. The summed E-state index contributed by atoms with van der Waals surface area (Å²) in [7, 11) is 0. The van der Waals surface area contributed by atoms with Crippen molar-refractivity contribution in [2.45, 2.75) is 57.7 Å². The van der Waals surface area contributed by atoms with Crippen molar-refractivity contribution < 1.29 is 13.9 Å². The molecule has 124 valence electrons. The largest absolute Gasteiger partial charge is 0.444 e. The SMILES string of the molecule is CC(C)(C)OC(=O)N1C2C=C(c3cccc(Cl)c3F)CC1CC2. The van der Waals surface area contributed by atoms with Crippen molar-refractivity contribution in [1.29, 1.82) is 0 Å². The Hall–Kier alpha value is -1.55. The molecule has 5 heteroatoms. The second-order valence-electron chi connectivity index (χ2n) is 7.18. The minimum absolute atomic E-state index is 0.0306. The van der Waals surface area contributed by atoms with E-state index in [-0.39, 0.29) is 29.0 Å². The van der Waals surface area contributed by atoms with Gasteiger partial charge in [-0.05, 0) is 51.7 Å². The molecule has 0 spiro atoms. The van der Waals surface area contributed by atoms with Crippen molar-refractivity contribution in [3.63, 3.8) is 0 Å². The van der Waals surface area contributed by atoms with E-state index in [1.165, 1.54) is 0 Å². The molecule has 3 nitrogen and oxygen atoms in total. The third kappa shape index (κ3) is 3.23. The summed E-state index contributed by atoms with van der Waals surface area (Å²) in [6.07, 6.45) is 4.13. The number of carbonyl (C=O) groups excluding carboxylic acids is 1. The van der Waals surface area contributed by atoms with Crippen LogP contribution in [0.1, 0.15) is 45.6 Å². The van der Waals surface area contributed by atoms with Crippen LogP contribution in [0.25, 0.3) is 5.57 Å². The van der Waals surface area contributed by atoms with Crippen LogP contribution in [-0.2, 0) is 4.74 Å². The Balaban J connectivity index is 1.86. The fourth-order valence-corrected chi connectivity index (χ4v) is 3.56. The molecule has 1 amide bonds. The van der Waals surface area contributed by atoms with Crippen LogP contribution in [-0.4, -0.2) is 28.7 Å².